The molecule has 102 valence electrons. The van der Waals surface area contributed by atoms with Crippen molar-refractivity contribution in [1.29, 1.82) is 0 Å². The van der Waals surface area contributed by atoms with Gasteiger partial charge in [-0.1, -0.05) is 5.16 Å². The number of fused-ring (bicyclic) bond motifs is 1. The highest BCUT2D eigenvalue weighted by molar-refractivity contribution is 5.04. The number of hydrogen-bond acceptors (Lipinski definition) is 5. The molecule has 0 bridgehead atoms. The smallest absolute Gasteiger partial charge is 0.243 e. The maximum Gasteiger partial charge on any atom is 0.243 e. The molecule has 0 amide bonds. The summed E-state index contributed by atoms with van der Waals surface area (Å²) in [5, 5.41) is 7.28. The van der Waals surface area contributed by atoms with Gasteiger partial charge in [0.05, 0.1) is 6.04 Å². The van der Waals surface area contributed by atoms with Gasteiger partial charge in [-0.25, -0.2) is 4.98 Å². The van der Waals surface area contributed by atoms with Gasteiger partial charge >= 0.3 is 0 Å². The zero-order valence-electron chi connectivity index (χ0n) is 11.3. The molecule has 0 saturated carbocycles. The lowest BCUT2D eigenvalue weighted by atomic mass is 9.98. The summed E-state index contributed by atoms with van der Waals surface area (Å²) in [5.41, 5.74) is 0. The fourth-order valence-electron chi connectivity index (χ4n) is 2.60. The minimum Gasteiger partial charge on any atom is -0.338 e. The minimum absolute atomic E-state index is 0.0755. The third kappa shape index (κ3) is 2.53. The fourth-order valence-corrected chi connectivity index (χ4v) is 2.60. The minimum atomic E-state index is 0.0755. The van der Waals surface area contributed by atoms with E-state index in [1.54, 1.807) is 0 Å². The van der Waals surface area contributed by atoms with E-state index in [0.29, 0.717) is 17.6 Å². The Kier molecular flexibility index (Phi) is 3.33. The summed E-state index contributed by atoms with van der Waals surface area (Å²) in [5.74, 6) is 2.98. The first-order chi connectivity index (χ1) is 9.24. The molecule has 0 aromatic carbocycles. The Morgan fingerprint density at radius 3 is 3.26 bits per heavy atom. The number of nitrogens with one attached hydrogen (secondary N) is 1. The van der Waals surface area contributed by atoms with Crippen LogP contribution in [0.1, 0.15) is 49.3 Å². The topological polar surface area (TPSA) is 68.8 Å². The van der Waals surface area contributed by atoms with Crippen LogP contribution in [0.15, 0.2) is 16.9 Å². The summed E-state index contributed by atoms with van der Waals surface area (Å²) in [7, 11) is 0. The van der Waals surface area contributed by atoms with Crippen molar-refractivity contribution in [2.45, 2.75) is 45.2 Å². The summed E-state index contributed by atoms with van der Waals surface area (Å²) >= 11 is 0. The molecule has 19 heavy (non-hydrogen) atoms. The molecule has 2 atom stereocenters. The molecule has 0 radical (unpaired) electrons. The first-order valence-electron chi connectivity index (χ1n) is 6.78. The largest absolute Gasteiger partial charge is 0.338 e. The molecule has 0 saturated heterocycles. The molecular weight excluding hydrogens is 242 g/mol. The number of nitrogens with zero attached hydrogens (tertiary/aromatic N) is 4. The van der Waals surface area contributed by atoms with Gasteiger partial charge in [-0.3, -0.25) is 0 Å². The average molecular weight is 261 g/mol. The van der Waals surface area contributed by atoms with Crippen LogP contribution < -0.4 is 5.32 Å². The van der Waals surface area contributed by atoms with Crippen LogP contribution in [0.25, 0.3) is 0 Å². The molecule has 0 spiro atoms. The van der Waals surface area contributed by atoms with E-state index in [0.717, 1.165) is 13.1 Å². The molecule has 1 N–H and O–H groups in total. The molecule has 6 nitrogen and oxygen atoms in total. The molecule has 3 heterocycles. The van der Waals surface area contributed by atoms with E-state index in [1.807, 2.05) is 20.0 Å². The van der Waals surface area contributed by atoms with Crippen LogP contribution in [-0.4, -0.2) is 26.2 Å². The van der Waals surface area contributed by atoms with Crippen LogP contribution in [-0.2, 0) is 6.54 Å². The van der Waals surface area contributed by atoms with Crippen LogP contribution in [0, 0.1) is 6.92 Å². The van der Waals surface area contributed by atoms with Crippen LogP contribution in [0.3, 0.4) is 0 Å². The van der Waals surface area contributed by atoms with Crippen molar-refractivity contribution in [3.05, 3.63) is 29.9 Å². The second-order valence-corrected chi connectivity index (χ2v) is 5.13. The predicted molar refractivity (Wildman–Crippen MR) is 69.7 cm³/mol. The van der Waals surface area contributed by atoms with Crippen LogP contribution >= 0.6 is 0 Å². The van der Waals surface area contributed by atoms with E-state index in [9.17, 15) is 0 Å². The SMILES string of the molecule is Cc1noc([C@@H](C)NC[C@@H]2CCCn3ccnc32)n1. The Morgan fingerprint density at radius 2 is 2.47 bits per heavy atom. The van der Waals surface area contributed by atoms with E-state index in [2.05, 4.69) is 31.2 Å². The van der Waals surface area contributed by atoms with Crippen LogP contribution in [0.4, 0.5) is 0 Å². The Hall–Kier alpha value is -1.69. The molecule has 6 heteroatoms. The summed E-state index contributed by atoms with van der Waals surface area (Å²) in [6.45, 7) is 5.85. The fraction of sp³-hybridized carbons (Fsp3) is 0.615. The first-order valence-corrected chi connectivity index (χ1v) is 6.78. The van der Waals surface area contributed by atoms with Crippen LogP contribution in [0.2, 0.25) is 0 Å². The zero-order valence-corrected chi connectivity index (χ0v) is 11.3. The van der Waals surface area contributed by atoms with E-state index in [4.69, 9.17) is 4.52 Å². The first kappa shape index (κ1) is 12.3. The summed E-state index contributed by atoms with van der Waals surface area (Å²) in [6.07, 6.45) is 6.34. The molecule has 2 aromatic rings. The number of aromatic nitrogens is 4. The highest BCUT2D eigenvalue weighted by atomic mass is 16.5. The van der Waals surface area contributed by atoms with Crippen molar-refractivity contribution in [3.63, 3.8) is 0 Å². The third-order valence-corrected chi connectivity index (χ3v) is 3.65. The zero-order chi connectivity index (χ0) is 13.2. The van der Waals surface area contributed by atoms with Crippen molar-refractivity contribution < 1.29 is 4.52 Å². The van der Waals surface area contributed by atoms with Gasteiger partial charge in [-0.2, -0.15) is 4.98 Å². The molecule has 3 rings (SSSR count). The van der Waals surface area contributed by atoms with Gasteiger partial charge in [0.2, 0.25) is 5.89 Å². The van der Waals surface area contributed by atoms with E-state index in [1.165, 1.54) is 18.7 Å². The molecule has 2 aromatic heterocycles. The maximum absolute atomic E-state index is 5.18. The van der Waals surface area contributed by atoms with Gasteiger partial charge in [0.1, 0.15) is 5.82 Å². The van der Waals surface area contributed by atoms with E-state index in [-0.39, 0.29) is 6.04 Å². The number of rotatable bonds is 4. The van der Waals surface area contributed by atoms with Gasteiger partial charge in [-0.15, -0.1) is 0 Å². The standard InChI is InChI=1S/C13H19N5O/c1-9(13-16-10(2)17-19-13)15-8-11-4-3-6-18-7-5-14-12(11)18/h5,7,9,11,15H,3-4,6,8H2,1-2H3/t9-,11+/m1/s1. The monoisotopic (exact) mass is 261 g/mol. The van der Waals surface area contributed by atoms with Crippen molar-refractivity contribution >= 4 is 0 Å². The molecule has 1 aliphatic rings. The summed E-state index contributed by atoms with van der Waals surface area (Å²) in [6, 6.07) is 0.0755. The van der Waals surface area contributed by atoms with Gasteiger partial charge in [-0.05, 0) is 26.7 Å². The van der Waals surface area contributed by atoms with Crippen LogP contribution in [0.5, 0.6) is 0 Å². The Bertz CT molecular complexity index is 547. The second-order valence-electron chi connectivity index (χ2n) is 5.13. The Labute approximate surface area is 112 Å². The summed E-state index contributed by atoms with van der Waals surface area (Å²) < 4.78 is 7.42. The predicted octanol–water partition coefficient (Wildman–Crippen LogP) is 1.80. The van der Waals surface area contributed by atoms with Gasteiger partial charge in [0, 0.05) is 31.4 Å². The lowest BCUT2D eigenvalue weighted by Crippen LogP contribution is -2.28. The maximum atomic E-state index is 5.18. The average Bonchev–Trinajstić information content (AvgIpc) is 3.04. The van der Waals surface area contributed by atoms with Crippen molar-refractivity contribution in [3.8, 4) is 0 Å². The van der Waals surface area contributed by atoms with E-state index >= 15 is 0 Å². The Morgan fingerprint density at radius 1 is 1.58 bits per heavy atom. The molecule has 1 aliphatic heterocycles. The molecular formula is C13H19N5O. The van der Waals surface area contributed by atoms with Gasteiger partial charge < -0.3 is 14.4 Å². The quantitative estimate of drug-likeness (QED) is 0.909. The summed E-state index contributed by atoms with van der Waals surface area (Å²) in [4.78, 5) is 8.71. The normalized spacial score (nSPS) is 20.2. The van der Waals surface area contributed by atoms with Gasteiger partial charge in [0.15, 0.2) is 5.82 Å². The lowest BCUT2D eigenvalue weighted by Gasteiger charge is -2.24. The lowest BCUT2D eigenvalue weighted by molar-refractivity contribution is 0.326. The van der Waals surface area contributed by atoms with Crippen molar-refractivity contribution in [2.75, 3.05) is 6.54 Å². The molecule has 0 aliphatic carbocycles. The molecule has 0 fully saturated rings. The number of hydrogen-bond donors (Lipinski definition) is 1. The van der Waals surface area contributed by atoms with E-state index < -0.39 is 0 Å². The highest BCUT2D eigenvalue weighted by Crippen LogP contribution is 2.25. The second kappa shape index (κ2) is 5.13. The van der Waals surface area contributed by atoms with Crippen molar-refractivity contribution in [2.24, 2.45) is 0 Å². The molecule has 0 unspecified atom stereocenters. The number of imidazole rings is 1. The number of aryl methyl sites for hydroxylation is 2. The van der Waals surface area contributed by atoms with Gasteiger partial charge in [0.25, 0.3) is 0 Å². The van der Waals surface area contributed by atoms with Crippen molar-refractivity contribution in [1.82, 2.24) is 25.0 Å². The third-order valence-electron chi connectivity index (χ3n) is 3.65. The Balaban J connectivity index is 1.62. The highest BCUT2D eigenvalue weighted by Gasteiger charge is 2.22.